The summed E-state index contributed by atoms with van der Waals surface area (Å²) in [6.07, 6.45) is 6.68. The Bertz CT molecular complexity index is 211. The average molecular weight is 385 g/mol. The van der Waals surface area contributed by atoms with Crippen molar-refractivity contribution in [3.63, 3.8) is 0 Å². The van der Waals surface area contributed by atoms with Crippen molar-refractivity contribution < 1.29 is 0 Å². The fourth-order valence-electron chi connectivity index (χ4n) is 1.36. The largest absolute Gasteiger partial charge is 0.330 e. The molecule has 0 bridgehead atoms. The van der Waals surface area contributed by atoms with Crippen LogP contribution in [0, 0.1) is 0 Å². The molecular formula is C14H32N4S4. The molecule has 0 spiro atoms. The van der Waals surface area contributed by atoms with Crippen molar-refractivity contribution in [1.29, 1.82) is 0 Å². The molecule has 0 saturated carbocycles. The van der Waals surface area contributed by atoms with Gasteiger partial charge in [0.25, 0.3) is 0 Å². The van der Waals surface area contributed by atoms with Crippen LogP contribution in [0.3, 0.4) is 0 Å². The van der Waals surface area contributed by atoms with Gasteiger partial charge in [-0.25, -0.2) is 0 Å². The Balaban J connectivity index is 3.03. The van der Waals surface area contributed by atoms with Crippen molar-refractivity contribution >= 4 is 43.2 Å². The Morgan fingerprint density at radius 2 is 1.09 bits per heavy atom. The van der Waals surface area contributed by atoms with Gasteiger partial charge in [0.15, 0.2) is 0 Å². The van der Waals surface area contributed by atoms with E-state index in [0.717, 1.165) is 75.1 Å². The van der Waals surface area contributed by atoms with Gasteiger partial charge in [0.05, 0.1) is 0 Å². The van der Waals surface area contributed by atoms with Crippen LogP contribution in [0.1, 0.15) is 12.8 Å². The molecule has 0 aromatic rings. The van der Waals surface area contributed by atoms with E-state index in [9.17, 15) is 0 Å². The van der Waals surface area contributed by atoms with Crippen LogP contribution in [0.15, 0.2) is 12.2 Å². The highest BCUT2D eigenvalue weighted by Crippen LogP contribution is 2.22. The molecule has 0 aliphatic heterocycles. The minimum atomic E-state index is 0.779. The lowest BCUT2D eigenvalue weighted by molar-refractivity contribution is 0.683. The second-order valence-corrected chi connectivity index (χ2v) is 9.72. The van der Waals surface area contributed by atoms with Crippen molar-refractivity contribution in [2.45, 2.75) is 12.8 Å². The number of hydrogen-bond donors (Lipinski definition) is 4. The molecule has 0 rings (SSSR count). The molecule has 0 aliphatic rings. The minimum absolute atomic E-state index is 0.779. The van der Waals surface area contributed by atoms with Crippen LogP contribution in [0.5, 0.6) is 0 Å². The Kier molecular flexibility index (Phi) is 23.0. The quantitative estimate of drug-likeness (QED) is 0.163. The van der Waals surface area contributed by atoms with Crippen molar-refractivity contribution in [2.75, 3.05) is 62.3 Å². The van der Waals surface area contributed by atoms with E-state index in [0.29, 0.717) is 0 Å². The first-order chi connectivity index (χ1) is 10.9. The summed E-state index contributed by atoms with van der Waals surface area (Å²) in [5, 5.41) is 6.77. The minimum Gasteiger partial charge on any atom is -0.330 e. The van der Waals surface area contributed by atoms with Crippen LogP contribution in [0.25, 0.3) is 0 Å². The molecule has 0 aromatic heterocycles. The Labute approximate surface area is 152 Å². The van der Waals surface area contributed by atoms with Crippen LogP contribution in [-0.2, 0) is 0 Å². The lowest BCUT2D eigenvalue weighted by Gasteiger charge is -2.02. The second-order valence-electron chi connectivity index (χ2n) is 4.47. The summed E-state index contributed by atoms with van der Waals surface area (Å²) in [6, 6.07) is 0. The highest BCUT2D eigenvalue weighted by atomic mass is 33.1. The van der Waals surface area contributed by atoms with Gasteiger partial charge in [0.1, 0.15) is 0 Å². The molecule has 0 fully saturated rings. The maximum atomic E-state index is 5.43. The van der Waals surface area contributed by atoms with E-state index in [1.54, 1.807) is 0 Å². The zero-order chi connectivity index (χ0) is 16.1. The Hall–Kier alpha value is 0.980. The van der Waals surface area contributed by atoms with E-state index < -0.39 is 0 Å². The maximum absolute atomic E-state index is 5.43. The molecule has 0 aromatic carbocycles. The van der Waals surface area contributed by atoms with E-state index in [1.807, 2.05) is 43.2 Å². The van der Waals surface area contributed by atoms with Gasteiger partial charge >= 0.3 is 0 Å². The standard InChI is InChI=1S/C14H32N4S4/c15-5-3-7-17-9-13-21-19-11-1-2-12-20-22-14-10-18-8-4-6-16/h1-2,17-18H,3-16H2/b2-1-. The first-order valence-electron chi connectivity index (χ1n) is 7.87. The second kappa shape index (κ2) is 22.0. The van der Waals surface area contributed by atoms with Crippen molar-refractivity contribution in [3.05, 3.63) is 12.2 Å². The van der Waals surface area contributed by atoms with Gasteiger partial charge in [-0.3, -0.25) is 0 Å². The van der Waals surface area contributed by atoms with Crippen molar-refractivity contribution in [1.82, 2.24) is 10.6 Å². The molecule has 0 aliphatic carbocycles. The van der Waals surface area contributed by atoms with E-state index in [2.05, 4.69) is 22.8 Å². The van der Waals surface area contributed by atoms with E-state index in [1.165, 1.54) is 0 Å². The predicted molar refractivity (Wildman–Crippen MR) is 112 cm³/mol. The number of rotatable bonds is 18. The summed E-state index contributed by atoms with van der Waals surface area (Å²) in [6.45, 7) is 5.79. The zero-order valence-corrected chi connectivity index (χ0v) is 16.7. The third-order valence-corrected chi connectivity index (χ3v) is 7.05. The normalized spacial score (nSPS) is 11.5. The molecule has 132 valence electrons. The van der Waals surface area contributed by atoms with Gasteiger partial charge in [-0.05, 0) is 39.0 Å². The number of nitrogens with one attached hydrogen (secondary N) is 2. The van der Waals surface area contributed by atoms with Crippen LogP contribution in [-0.4, -0.2) is 62.3 Å². The molecule has 8 heteroatoms. The SMILES string of the molecule is NCCCNCCSSC/C=C\CSSCCNCCCN. The topological polar surface area (TPSA) is 76.1 Å². The van der Waals surface area contributed by atoms with Gasteiger partial charge in [0, 0.05) is 36.1 Å². The lowest BCUT2D eigenvalue weighted by Crippen LogP contribution is -2.20. The summed E-state index contributed by atoms with van der Waals surface area (Å²) in [7, 11) is 7.72. The summed E-state index contributed by atoms with van der Waals surface area (Å²) in [4.78, 5) is 0. The third-order valence-electron chi connectivity index (χ3n) is 2.50. The molecule has 0 saturated heterocycles. The fourth-order valence-corrected chi connectivity index (χ4v) is 4.93. The van der Waals surface area contributed by atoms with E-state index in [4.69, 9.17) is 11.5 Å². The van der Waals surface area contributed by atoms with Crippen LogP contribution >= 0.6 is 43.2 Å². The third kappa shape index (κ3) is 21.0. The molecule has 0 unspecified atom stereocenters. The van der Waals surface area contributed by atoms with Gasteiger partial charge < -0.3 is 22.1 Å². The van der Waals surface area contributed by atoms with Gasteiger partial charge in [-0.15, -0.1) is 0 Å². The smallest absolute Gasteiger partial charge is 0.0218 e. The zero-order valence-electron chi connectivity index (χ0n) is 13.4. The number of nitrogens with two attached hydrogens (primary N) is 2. The molecule has 0 heterocycles. The lowest BCUT2D eigenvalue weighted by atomic mass is 10.4. The average Bonchev–Trinajstić information content (AvgIpc) is 2.54. The van der Waals surface area contributed by atoms with Crippen molar-refractivity contribution in [2.24, 2.45) is 11.5 Å². The Morgan fingerprint density at radius 3 is 1.50 bits per heavy atom. The van der Waals surface area contributed by atoms with Gasteiger partial charge in [0.2, 0.25) is 0 Å². The first-order valence-corrected chi connectivity index (χ1v) is 12.8. The predicted octanol–water partition coefficient (Wildman–Crippen LogP) is 2.18. The number of hydrogen-bond acceptors (Lipinski definition) is 8. The summed E-state index contributed by atoms with van der Waals surface area (Å²) in [5.74, 6) is 4.51. The van der Waals surface area contributed by atoms with Gasteiger partial charge in [-0.2, -0.15) is 0 Å². The van der Waals surface area contributed by atoms with Crippen LogP contribution in [0.4, 0.5) is 0 Å². The summed E-state index contributed by atoms with van der Waals surface area (Å²) < 4.78 is 0. The van der Waals surface area contributed by atoms with Crippen LogP contribution < -0.4 is 22.1 Å². The monoisotopic (exact) mass is 384 g/mol. The van der Waals surface area contributed by atoms with E-state index in [-0.39, 0.29) is 0 Å². The highest BCUT2D eigenvalue weighted by Gasteiger charge is 1.91. The molecule has 22 heavy (non-hydrogen) atoms. The maximum Gasteiger partial charge on any atom is 0.0218 e. The first kappa shape index (κ1) is 23.0. The van der Waals surface area contributed by atoms with E-state index >= 15 is 0 Å². The molecule has 0 amide bonds. The molecule has 0 radical (unpaired) electrons. The molecule has 4 nitrogen and oxygen atoms in total. The highest BCUT2D eigenvalue weighted by molar-refractivity contribution is 8.77. The van der Waals surface area contributed by atoms with Crippen LogP contribution in [0.2, 0.25) is 0 Å². The van der Waals surface area contributed by atoms with Gasteiger partial charge in [-0.1, -0.05) is 55.3 Å². The molecule has 6 N–H and O–H groups in total. The summed E-state index contributed by atoms with van der Waals surface area (Å²) >= 11 is 0. The summed E-state index contributed by atoms with van der Waals surface area (Å²) in [5.41, 5.74) is 10.9. The molecular weight excluding hydrogens is 352 g/mol. The van der Waals surface area contributed by atoms with Crippen molar-refractivity contribution in [3.8, 4) is 0 Å². The Morgan fingerprint density at radius 1 is 0.636 bits per heavy atom. The fraction of sp³-hybridized carbons (Fsp3) is 0.857. The molecule has 0 atom stereocenters.